The molecule has 0 radical (unpaired) electrons. The van der Waals surface area contributed by atoms with E-state index in [-0.39, 0.29) is 11.9 Å². The second-order valence-electron chi connectivity index (χ2n) is 5.20. The number of hydrogen-bond donors (Lipinski definition) is 0. The topological polar surface area (TPSA) is 51.0 Å². The van der Waals surface area contributed by atoms with Crippen LogP contribution in [0.1, 0.15) is 29.9 Å². The van der Waals surface area contributed by atoms with Crippen molar-refractivity contribution in [3.8, 4) is 5.75 Å². The van der Waals surface area contributed by atoms with Crippen LogP contribution in [0.5, 0.6) is 5.75 Å². The zero-order chi connectivity index (χ0) is 14.1. The second kappa shape index (κ2) is 5.37. The van der Waals surface area contributed by atoms with E-state index in [0.717, 1.165) is 16.3 Å². The number of halogens is 1. The number of hydrogen-bond acceptors (Lipinski definition) is 3. The summed E-state index contributed by atoms with van der Waals surface area (Å²) in [5.41, 5.74) is 2.18. The molecule has 1 heterocycles. The van der Waals surface area contributed by atoms with Crippen LogP contribution in [0.15, 0.2) is 34.5 Å². The normalized spacial score (nSPS) is 21.3. The molecule has 1 aromatic rings. The van der Waals surface area contributed by atoms with Crippen molar-refractivity contribution < 1.29 is 9.53 Å². The van der Waals surface area contributed by atoms with Gasteiger partial charge in [0.1, 0.15) is 18.4 Å². The molecule has 0 aromatic heterocycles. The SMILES string of the molecule is Cc1cc(OCC2C=CC(=O)N=N2)c(C2CC2)cc1Cl. The summed E-state index contributed by atoms with van der Waals surface area (Å²) in [6.07, 6.45) is 5.52. The third-order valence-electron chi connectivity index (χ3n) is 3.48. The first kappa shape index (κ1) is 13.3. The highest BCUT2D eigenvalue weighted by atomic mass is 35.5. The van der Waals surface area contributed by atoms with E-state index >= 15 is 0 Å². The van der Waals surface area contributed by atoms with Gasteiger partial charge in [0.05, 0.1) is 0 Å². The van der Waals surface area contributed by atoms with Gasteiger partial charge in [0.2, 0.25) is 0 Å². The fourth-order valence-corrected chi connectivity index (χ4v) is 2.34. The van der Waals surface area contributed by atoms with Crippen molar-refractivity contribution in [1.29, 1.82) is 0 Å². The predicted octanol–water partition coefficient (Wildman–Crippen LogP) is 3.82. The van der Waals surface area contributed by atoms with Crippen molar-refractivity contribution in [1.82, 2.24) is 0 Å². The lowest BCUT2D eigenvalue weighted by molar-refractivity contribution is -0.114. The number of nitrogens with zero attached hydrogens (tertiary/aromatic N) is 2. The fourth-order valence-electron chi connectivity index (χ4n) is 2.17. The summed E-state index contributed by atoms with van der Waals surface area (Å²) in [7, 11) is 0. The molecule has 0 N–H and O–H groups in total. The lowest BCUT2D eigenvalue weighted by Crippen LogP contribution is -2.16. The lowest BCUT2D eigenvalue weighted by Gasteiger charge is -2.15. The Balaban J connectivity index is 1.73. The summed E-state index contributed by atoms with van der Waals surface area (Å²) in [4.78, 5) is 10.9. The van der Waals surface area contributed by atoms with E-state index in [9.17, 15) is 4.79 Å². The van der Waals surface area contributed by atoms with Gasteiger partial charge in [0, 0.05) is 11.1 Å². The van der Waals surface area contributed by atoms with Crippen molar-refractivity contribution in [3.05, 3.63) is 40.4 Å². The molecule has 1 aromatic carbocycles. The van der Waals surface area contributed by atoms with Crippen molar-refractivity contribution in [2.45, 2.75) is 31.7 Å². The van der Waals surface area contributed by atoms with Crippen molar-refractivity contribution in [3.63, 3.8) is 0 Å². The first-order valence-electron chi connectivity index (χ1n) is 6.69. The number of ether oxygens (including phenoxy) is 1. The molecule has 1 amide bonds. The highest BCUT2D eigenvalue weighted by Crippen LogP contribution is 2.45. The molecule has 5 heteroatoms. The Morgan fingerprint density at radius 1 is 1.40 bits per heavy atom. The lowest BCUT2D eigenvalue weighted by atomic mass is 10.1. The average Bonchev–Trinajstić information content (AvgIpc) is 3.26. The van der Waals surface area contributed by atoms with E-state index < -0.39 is 0 Å². The number of carbonyl (C=O) groups excluding carboxylic acids is 1. The number of benzene rings is 1. The Hall–Kier alpha value is -1.68. The Morgan fingerprint density at radius 2 is 2.20 bits per heavy atom. The number of aryl methyl sites for hydroxylation is 1. The molecule has 0 bridgehead atoms. The van der Waals surface area contributed by atoms with Gasteiger partial charge in [-0.1, -0.05) is 11.6 Å². The molecule has 2 aliphatic rings. The molecule has 0 spiro atoms. The van der Waals surface area contributed by atoms with Gasteiger partial charge < -0.3 is 4.74 Å². The maximum atomic E-state index is 10.9. The molecule has 3 rings (SSSR count). The Kier molecular flexibility index (Phi) is 3.57. The van der Waals surface area contributed by atoms with Gasteiger partial charge in [-0.2, -0.15) is 5.11 Å². The molecule has 4 nitrogen and oxygen atoms in total. The summed E-state index contributed by atoms with van der Waals surface area (Å²) in [5, 5.41) is 8.20. The zero-order valence-electron chi connectivity index (χ0n) is 11.2. The predicted molar refractivity (Wildman–Crippen MR) is 76.5 cm³/mol. The first-order valence-corrected chi connectivity index (χ1v) is 7.07. The monoisotopic (exact) mass is 290 g/mol. The van der Waals surface area contributed by atoms with Crippen molar-refractivity contribution in [2.75, 3.05) is 6.61 Å². The number of rotatable bonds is 4. The third kappa shape index (κ3) is 2.90. The molecule has 1 aliphatic heterocycles. The van der Waals surface area contributed by atoms with Gasteiger partial charge in [-0.3, -0.25) is 4.79 Å². The number of carbonyl (C=O) groups is 1. The highest BCUT2D eigenvalue weighted by Gasteiger charge is 2.28. The van der Waals surface area contributed by atoms with Crippen LogP contribution < -0.4 is 4.74 Å². The van der Waals surface area contributed by atoms with Gasteiger partial charge in [-0.05, 0) is 55.0 Å². The van der Waals surface area contributed by atoms with Crippen LogP contribution in [0, 0.1) is 6.92 Å². The summed E-state index contributed by atoms with van der Waals surface area (Å²) in [5.74, 6) is 1.12. The van der Waals surface area contributed by atoms with Crippen LogP contribution in [0.25, 0.3) is 0 Å². The minimum absolute atomic E-state index is 0.198. The Labute approximate surface area is 122 Å². The Morgan fingerprint density at radius 3 is 2.85 bits per heavy atom. The van der Waals surface area contributed by atoms with E-state index in [1.165, 1.54) is 24.5 Å². The van der Waals surface area contributed by atoms with Crippen molar-refractivity contribution in [2.24, 2.45) is 10.2 Å². The molecular weight excluding hydrogens is 276 g/mol. The molecule has 1 unspecified atom stereocenters. The van der Waals surface area contributed by atoms with Crippen LogP contribution in [-0.4, -0.2) is 18.6 Å². The fraction of sp³-hybridized carbons (Fsp3) is 0.400. The van der Waals surface area contributed by atoms with Gasteiger partial charge in [0.25, 0.3) is 5.91 Å². The van der Waals surface area contributed by atoms with E-state index in [4.69, 9.17) is 16.3 Å². The van der Waals surface area contributed by atoms with E-state index in [0.29, 0.717) is 12.5 Å². The smallest absolute Gasteiger partial charge is 0.287 e. The third-order valence-corrected chi connectivity index (χ3v) is 3.89. The second-order valence-corrected chi connectivity index (χ2v) is 5.61. The highest BCUT2D eigenvalue weighted by molar-refractivity contribution is 6.31. The molecule has 1 atom stereocenters. The minimum Gasteiger partial charge on any atom is -0.491 e. The first-order chi connectivity index (χ1) is 9.63. The van der Waals surface area contributed by atoms with E-state index in [1.54, 1.807) is 6.08 Å². The van der Waals surface area contributed by atoms with Gasteiger partial charge in [-0.25, -0.2) is 0 Å². The van der Waals surface area contributed by atoms with Gasteiger partial charge in [-0.15, -0.1) is 5.11 Å². The summed E-state index contributed by atoms with van der Waals surface area (Å²) >= 11 is 6.18. The molecule has 1 saturated carbocycles. The van der Waals surface area contributed by atoms with Gasteiger partial charge >= 0.3 is 0 Å². The minimum atomic E-state index is -0.317. The van der Waals surface area contributed by atoms with E-state index in [2.05, 4.69) is 10.2 Å². The van der Waals surface area contributed by atoms with Crippen LogP contribution in [0.3, 0.4) is 0 Å². The largest absolute Gasteiger partial charge is 0.491 e. The number of amides is 1. The summed E-state index contributed by atoms with van der Waals surface area (Å²) < 4.78 is 5.87. The van der Waals surface area contributed by atoms with Crippen molar-refractivity contribution >= 4 is 17.5 Å². The number of azo groups is 1. The van der Waals surface area contributed by atoms with E-state index in [1.807, 2.05) is 19.1 Å². The molecule has 1 aliphatic carbocycles. The quantitative estimate of drug-likeness (QED) is 0.846. The summed E-state index contributed by atoms with van der Waals surface area (Å²) in [6, 6.07) is 3.78. The average molecular weight is 291 g/mol. The standard InChI is InChI=1S/C15H15ClN2O2/c1-9-6-14(12(7-13(9)16)10-2-3-10)20-8-11-4-5-15(19)18-17-11/h4-7,10-11H,2-3,8H2,1H3. The molecule has 104 valence electrons. The molecule has 1 fully saturated rings. The van der Waals surface area contributed by atoms with Crippen LogP contribution in [-0.2, 0) is 4.79 Å². The van der Waals surface area contributed by atoms with Gasteiger partial charge in [0.15, 0.2) is 0 Å². The molecule has 0 saturated heterocycles. The van der Waals surface area contributed by atoms with Crippen LogP contribution in [0.4, 0.5) is 0 Å². The zero-order valence-corrected chi connectivity index (χ0v) is 11.9. The summed E-state index contributed by atoms with van der Waals surface area (Å²) in [6.45, 7) is 2.35. The maximum absolute atomic E-state index is 10.9. The maximum Gasteiger partial charge on any atom is 0.287 e. The molecule has 20 heavy (non-hydrogen) atoms. The van der Waals surface area contributed by atoms with Crippen LogP contribution in [0.2, 0.25) is 5.02 Å². The van der Waals surface area contributed by atoms with Crippen LogP contribution >= 0.6 is 11.6 Å². The molecular formula is C15H15ClN2O2. The Bertz CT molecular complexity index is 590.